The number of aryl methyl sites for hydroxylation is 2. The highest BCUT2D eigenvalue weighted by Crippen LogP contribution is 2.32. The maximum Gasteiger partial charge on any atom is 0.235 e. The lowest BCUT2D eigenvalue weighted by atomic mass is 10.1. The average Bonchev–Trinajstić information content (AvgIpc) is 3.18. The quantitative estimate of drug-likeness (QED) is 0.487. The summed E-state index contributed by atoms with van der Waals surface area (Å²) in [6, 6.07) is 13.0. The molecule has 4 aromatic rings. The van der Waals surface area contributed by atoms with E-state index in [1.807, 2.05) is 19.9 Å². The first-order valence-corrected chi connectivity index (χ1v) is 8.52. The zero-order chi connectivity index (χ0) is 19.0. The molecule has 0 saturated heterocycles. The Morgan fingerprint density at radius 3 is 2.48 bits per heavy atom. The minimum atomic E-state index is -0.328. The smallest absolute Gasteiger partial charge is 0.235 e. The highest BCUT2D eigenvalue weighted by atomic mass is 19.1. The molecule has 0 radical (unpaired) electrons. The second kappa shape index (κ2) is 6.76. The molecule has 0 spiro atoms. The van der Waals surface area contributed by atoms with Crippen LogP contribution in [-0.4, -0.2) is 0 Å². The monoisotopic (exact) mass is 364 g/mol. The summed E-state index contributed by atoms with van der Waals surface area (Å²) in [6.07, 6.45) is 1.50. The van der Waals surface area contributed by atoms with Gasteiger partial charge in [0.2, 0.25) is 16.9 Å². The number of halogens is 1. The summed E-state index contributed by atoms with van der Waals surface area (Å²) >= 11 is 0. The fourth-order valence-corrected chi connectivity index (χ4v) is 2.87. The highest BCUT2D eigenvalue weighted by Gasteiger charge is 2.20. The van der Waals surface area contributed by atoms with E-state index in [9.17, 15) is 9.18 Å². The molecule has 0 amide bonds. The molecule has 4 rings (SSSR count). The van der Waals surface area contributed by atoms with Gasteiger partial charge in [-0.1, -0.05) is 12.1 Å². The Balaban J connectivity index is 1.84. The molecule has 136 valence electrons. The molecule has 0 N–H and O–H groups in total. The van der Waals surface area contributed by atoms with E-state index in [-0.39, 0.29) is 29.4 Å². The van der Waals surface area contributed by atoms with Gasteiger partial charge in [-0.2, -0.15) is 0 Å². The summed E-state index contributed by atoms with van der Waals surface area (Å²) < 4.78 is 30.3. The van der Waals surface area contributed by atoms with E-state index < -0.39 is 0 Å². The van der Waals surface area contributed by atoms with Crippen molar-refractivity contribution in [2.75, 3.05) is 0 Å². The van der Waals surface area contributed by atoms with Gasteiger partial charge in [0.05, 0.1) is 11.6 Å². The molecule has 0 aliphatic carbocycles. The van der Waals surface area contributed by atoms with Crippen LogP contribution >= 0.6 is 0 Å². The Labute approximate surface area is 154 Å². The van der Waals surface area contributed by atoms with Crippen molar-refractivity contribution in [2.24, 2.45) is 0 Å². The third-order valence-electron chi connectivity index (χ3n) is 4.51. The Morgan fingerprint density at radius 2 is 1.78 bits per heavy atom. The number of furan rings is 1. The number of ether oxygens (including phenoxy) is 1. The van der Waals surface area contributed by atoms with Crippen LogP contribution in [0.2, 0.25) is 0 Å². The van der Waals surface area contributed by atoms with Crippen LogP contribution in [0.4, 0.5) is 4.39 Å². The normalized spacial score (nSPS) is 11.1. The van der Waals surface area contributed by atoms with E-state index in [1.165, 1.54) is 18.4 Å². The van der Waals surface area contributed by atoms with Crippen molar-refractivity contribution in [3.05, 3.63) is 87.5 Å². The van der Waals surface area contributed by atoms with Gasteiger partial charge in [-0.05, 0) is 66.9 Å². The van der Waals surface area contributed by atoms with Crippen molar-refractivity contribution >= 4 is 11.0 Å². The first-order valence-electron chi connectivity index (χ1n) is 8.52. The lowest BCUT2D eigenvalue weighted by Crippen LogP contribution is -2.10. The third kappa shape index (κ3) is 3.24. The molecule has 2 aromatic carbocycles. The van der Waals surface area contributed by atoms with Crippen LogP contribution in [0.1, 0.15) is 16.7 Å². The largest absolute Gasteiger partial charge is 0.481 e. The molecule has 0 fully saturated rings. The fraction of sp³-hybridized carbons (Fsp3) is 0.136. The standard InChI is InChI=1S/C22H17FO4/c1-13-10-17-19(11-14(13)2)27-21(18-4-3-9-25-18)22(20(17)24)26-12-15-5-7-16(23)8-6-15/h3-11H,12H2,1-2H3. The van der Waals surface area contributed by atoms with Gasteiger partial charge in [-0.25, -0.2) is 4.39 Å². The Bertz CT molecular complexity index is 1160. The van der Waals surface area contributed by atoms with Crippen molar-refractivity contribution in [3.63, 3.8) is 0 Å². The molecule has 27 heavy (non-hydrogen) atoms. The molecule has 0 aliphatic rings. The zero-order valence-corrected chi connectivity index (χ0v) is 14.9. The van der Waals surface area contributed by atoms with E-state index in [0.29, 0.717) is 16.7 Å². The molecule has 2 heterocycles. The predicted molar refractivity (Wildman–Crippen MR) is 100 cm³/mol. The molecule has 5 heteroatoms. The summed E-state index contributed by atoms with van der Waals surface area (Å²) in [6.45, 7) is 4.00. The second-order valence-electron chi connectivity index (χ2n) is 6.41. The van der Waals surface area contributed by atoms with Crippen LogP contribution in [0, 0.1) is 19.7 Å². The molecular formula is C22H17FO4. The zero-order valence-electron chi connectivity index (χ0n) is 14.9. The van der Waals surface area contributed by atoms with Crippen molar-refractivity contribution < 1.29 is 18.0 Å². The van der Waals surface area contributed by atoms with Gasteiger partial charge in [0, 0.05) is 0 Å². The summed E-state index contributed by atoms with van der Waals surface area (Å²) in [4.78, 5) is 13.1. The van der Waals surface area contributed by atoms with Crippen LogP contribution in [-0.2, 0) is 6.61 Å². The molecule has 0 aliphatic heterocycles. The molecular weight excluding hydrogens is 347 g/mol. The average molecular weight is 364 g/mol. The molecule has 4 nitrogen and oxygen atoms in total. The lowest BCUT2D eigenvalue weighted by molar-refractivity contribution is 0.296. The van der Waals surface area contributed by atoms with Crippen LogP contribution < -0.4 is 10.2 Å². The molecule has 0 bridgehead atoms. The fourth-order valence-electron chi connectivity index (χ4n) is 2.87. The number of fused-ring (bicyclic) bond motifs is 1. The van der Waals surface area contributed by atoms with Gasteiger partial charge in [0.1, 0.15) is 18.0 Å². The number of rotatable bonds is 4. The topological polar surface area (TPSA) is 52.6 Å². The number of benzene rings is 2. The first kappa shape index (κ1) is 17.1. The Kier molecular flexibility index (Phi) is 4.28. The van der Waals surface area contributed by atoms with Gasteiger partial charge in [-0.15, -0.1) is 0 Å². The minimum Gasteiger partial charge on any atom is -0.481 e. The minimum absolute atomic E-state index is 0.0741. The SMILES string of the molecule is Cc1cc2oc(-c3ccco3)c(OCc3ccc(F)cc3)c(=O)c2cc1C. The maximum absolute atomic E-state index is 13.1. The van der Waals surface area contributed by atoms with Crippen molar-refractivity contribution in [3.8, 4) is 17.3 Å². The van der Waals surface area contributed by atoms with Crippen LogP contribution in [0.3, 0.4) is 0 Å². The van der Waals surface area contributed by atoms with Crippen LogP contribution in [0.5, 0.6) is 5.75 Å². The maximum atomic E-state index is 13.1. The highest BCUT2D eigenvalue weighted by molar-refractivity contribution is 5.82. The van der Waals surface area contributed by atoms with Crippen molar-refractivity contribution in [1.82, 2.24) is 0 Å². The van der Waals surface area contributed by atoms with Gasteiger partial charge in [0.15, 0.2) is 5.76 Å². The Hall–Kier alpha value is -3.34. The number of hydrogen-bond acceptors (Lipinski definition) is 4. The third-order valence-corrected chi connectivity index (χ3v) is 4.51. The molecule has 0 unspecified atom stereocenters. The summed E-state index contributed by atoms with van der Waals surface area (Å²) in [5.74, 6) is 0.389. The van der Waals surface area contributed by atoms with Gasteiger partial charge < -0.3 is 13.6 Å². The van der Waals surface area contributed by atoms with E-state index in [4.69, 9.17) is 13.6 Å². The predicted octanol–water partition coefficient (Wildman–Crippen LogP) is 5.39. The number of hydrogen-bond donors (Lipinski definition) is 0. The lowest BCUT2D eigenvalue weighted by Gasteiger charge is -2.11. The molecule has 0 saturated carbocycles. The van der Waals surface area contributed by atoms with Gasteiger partial charge >= 0.3 is 0 Å². The van der Waals surface area contributed by atoms with E-state index >= 15 is 0 Å². The van der Waals surface area contributed by atoms with Crippen LogP contribution in [0.15, 0.2) is 68.4 Å². The first-order chi connectivity index (χ1) is 13.0. The van der Waals surface area contributed by atoms with E-state index in [1.54, 1.807) is 30.3 Å². The van der Waals surface area contributed by atoms with Gasteiger partial charge in [0.25, 0.3) is 0 Å². The second-order valence-corrected chi connectivity index (χ2v) is 6.41. The summed E-state index contributed by atoms with van der Waals surface area (Å²) in [5, 5.41) is 0.447. The molecule has 0 atom stereocenters. The Morgan fingerprint density at radius 1 is 1.04 bits per heavy atom. The van der Waals surface area contributed by atoms with E-state index in [0.717, 1.165) is 16.7 Å². The molecule has 2 aromatic heterocycles. The van der Waals surface area contributed by atoms with Crippen molar-refractivity contribution in [1.29, 1.82) is 0 Å². The summed E-state index contributed by atoms with van der Waals surface area (Å²) in [7, 11) is 0. The van der Waals surface area contributed by atoms with Gasteiger partial charge in [-0.3, -0.25) is 4.79 Å². The van der Waals surface area contributed by atoms with E-state index in [2.05, 4.69) is 0 Å². The summed E-state index contributed by atoms with van der Waals surface area (Å²) in [5.41, 5.74) is 2.96. The van der Waals surface area contributed by atoms with Crippen LogP contribution in [0.25, 0.3) is 22.5 Å². The van der Waals surface area contributed by atoms with Crippen molar-refractivity contribution in [2.45, 2.75) is 20.5 Å².